The first-order valence-corrected chi connectivity index (χ1v) is 13.4. The molecule has 9 heteroatoms. The van der Waals surface area contributed by atoms with Gasteiger partial charge in [0.25, 0.3) is 11.8 Å². The second-order valence-electron chi connectivity index (χ2n) is 10.1. The summed E-state index contributed by atoms with van der Waals surface area (Å²) in [5, 5.41) is 13.9. The number of carbonyl (C=O) groups is 2. The summed E-state index contributed by atoms with van der Waals surface area (Å²) < 4.78 is 17.5. The number of benzene rings is 2. The van der Waals surface area contributed by atoms with Crippen LogP contribution >= 0.6 is 0 Å². The molecule has 9 nitrogen and oxygen atoms in total. The topological polar surface area (TPSA) is 113 Å². The number of amides is 2. The molecule has 1 aliphatic heterocycles. The van der Waals surface area contributed by atoms with Crippen molar-refractivity contribution in [2.45, 2.75) is 52.0 Å². The number of methoxy groups -OCH3 is 1. The lowest BCUT2D eigenvalue weighted by Crippen LogP contribution is -2.48. The molecule has 2 fully saturated rings. The zero-order chi connectivity index (χ0) is 27.9. The van der Waals surface area contributed by atoms with Crippen molar-refractivity contribution in [2.75, 3.05) is 27.2 Å². The minimum absolute atomic E-state index is 0.00537. The van der Waals surface area contributed by atoms with E-state index < -0.39 is 0 Å². The molecule has 2 aromatic carbocycles. The van der Waals surface area contributed by atoms with Gasteiger partial charge in [-0.2, -0.15) is 0 Å². The van der Waals surface area contributed by atoms with Crippen molar-refractivity contribution in [3.63, 3.8) is 0 Å². The Balaban J connectivity index is 1.39. The molecular formula is C30H38N4O5. The molecule has 208 valence electrons. The predicted molar refractivity (Wildman–Crippen MR) is 149 cm³/mol. The summed E-state index contributed by atoms with van der Waals surface area (Å²) >= 11 is 0. The van der Waals surface area contributed by atoms with Crippen LogP contribution in [0, 0.1) is 11.3 Å². The van der Waals surface area contributed by atoms with Crippen LogP contribution in [0.4, 0.5) is 0 Å². The van der Waals surface area contributed by atoms with Gasteiger partial charge >= 0.3 is 0 Å². The SMILES string of the molecule is CN/C(=C\C(=N)C1CC1)C(=O)NCc1cccc(OCc2cccc(C(=O)N3CC(C)OC(C)C3)c2)c1OC. The van der Waals surface area contributed by atoms with E-state index in [1.165, 1.54) is 0 Å². The molecule has 1 aliphatic carbocycles. The Hall–Kier alpha value is -3.85. The summed E-state index contributed by atoms with van der Waals surface area (Å²) in [6.45, 7) is 5.57. The Labute approximate surface area is 230 Å². The van der Waals surface area contributed by atoms with Gasteiger partial charge in [0.2, 0.25) is 0 Å². The van der Waals surface area contributed by atoms with Crippen LogP contribution in [-0.4, -0.2) is 61.9 Å². The molecule has 0 spiro atoms. The van der Waals surface area contributed by atoms with Crippen LogP contribution in [0.1, 0.15) is 48.2 Å². The number of allylic oxidation sites excluding steroid dienone is 1. The highest BCUT2D eigenvalue weighted by molar-refractivity contribution is 6.04. The second-order valence-corrected chi connectivity index (χ2v) is 10.1. The third-order valence-electron chi connectivity index (χ3n) is 6.81. The Morgan fingerprint density at radius 3 is 2.51 bits per heavy atom. The minimum atomic E-state index is -0.290. The molecule has 2 unspecified atom stereocenters. The molecule has 2 aromatic rings. The first-order valence-electron chi connectivity index (χ1n) is 13.4. The fraction of sp³-hybridized carbons (Fsp3) is 0.433. The maximum absolute atomic E-state index is 13.1. The molecule has 0 aromatic heterocycles. The number of rotatable bonds is 11. The number of ether oxygens (including phenoxy) is 3. The van der Waals surface area contributed by atoms with Gasteiger partial charge in [0.05, 0.1) is 19.3 Å². The quantitative estimate of drug-likeness (QED) is 0.300. The van der Waals surface area contributed by atoms with Gasteiger partial charge in [0.1, 0.15) is 12.3 Å². The van der Waals surface area contributed by atoms with Crippen molar-refractivity contribution in [3.05, 3.63) is 70.9 Å². The molecule has 3 N–H and O–H groups in total. The number of nitrogens with one attached hydrogen (secondary N) is 3. The van der Waals surface area contributed by atoms with Crippen LogP contribution < -0.4 is 20.1 Å². The van der Waals surface area contributed by atoms with Crippen LogP contribution in [-0.2, 0) is 22.7 Å². The van der Waals surface area contributed by atoms with Crippen LogP contribution in [0.5, 0.6) is 11.5 Å². The Morgan fingerprint density at radius 1 is 1.13 bits per heavy atom. The molecule has 1 saturated heterocycles. The molecule has 1 saturated carbocycles. The number of hydrogen-bond donors (Lipinski definition) is 3. The van der Waals surface area contributed by atoms with E-state index in [0.29, 0.717) is 41.6 Å². The third kappa shape index (κ3) is 7.38. The van der Waals surface area contributed by atoms with Crippen molar-refractivity contribution in [1.29, 1.82) is 5.41 Å². The van der Waals surface area contributed by atoms with Gasteiger partial charge in [0, 0.05) is 49.4 Å². The molecule has 2 atom stereocenters. The maximum atomic E-state index is 13.1. The number of morpholine rings is 1. The first-order chi connectivity index (χ1) is 18.8. The van der Waals surface area contributed by atoms with Crippen LogP contribution in [0.3, 0.4) is 0 Å². The Bertz CT molecular complexity index is 1230. The van der Waals surface area contributed by atoms with Gasteiger partial charge in [-0.1, -0.05) is 24.3 Å². The highest BCUT2D eigenvalue weighted by Gasteiger charge is 2.27. The van der Waals surface area contributed by atoms with Crippen molar-refractivity contribution >= 4 is 17.5 Å². The van der Waals surface area contributed by atoms with E-state index in [1.54, 1.807) is 20.2 Å². The standard InChI is InChI=1S/C30H38N4O5/c1-19-16-34(17-20(2)39-19)30(36)23-8-5-7-21(13-23)18-38-27-10-6-9-24(28(27)37-4)15-33-29(35)26(32-3)14-25(31)22-11-12-22/h5-10,13-14,19-20,22,31-32H,11-12,15-18H2,1-4H3,(H,33,35)/b26-14-,31-25?. The maximum Gasteiger partial charge on any atom is 0.267 e. The van der Waals surface area contributed by atoms with E-state index in [9.17, 15) is 9.59 Å². The van der Waals surface area contributed by atoms with Gasteiger partial charge in [0.15, 0.2) is 11.5 Å². The second kappa shape index (κ2) is 12.8. The van der Waals surface area contributed by atoms with Gasteiger partial charge in [-0.15, -0.1) is 0 Å². The molecule has 39 heavy (non-hydrogen) atoms. The highest BCUT2D eigenvalue weighted by atomic mass is 16.5. The summed E-state index contributed by atoms with van der Waals surface area (Å²) in [7, 11) is 3.23. The lowest BCUT2D eigenvalue weighted by molar-refractivity contribution is -0.118. The molecular weight excluding hydrogens is 496 g/mol. The number of para-hydroxylation sites is 1. The van der Waals surface area contributed by atoms with E-state index in [-0.39, 0.29) is 43.1 Å². The van der Waals surface area contributed by atoms with Crippen LogP contribution in [0.15, 0.2) is 54.2 Å². The number of carbonyl (C=O) groups excluding carboxylic acids is 2. The van der Waals surface area contributed by atoms with Gasteiger partial charge in [-0.3, -0.25) is 9.59 Å². The van der Waals surface area contributed by atoms with Crippen molar-refractivity contribution in [2.24, 2.45) is 5.92 Å². The Morgan fingerprint density at radius 2 is 1.85 bits per heavy atom. The zero-order valence-corrected chi connectivity index (χ0v) is 23.1. The molecule has 0 radical (unpaired) electrons. The van der Waals surface area contributed by atoms with Crippen LogP contribution in [0.2, 0.25) is 0 Å². The third-order valence-corrected chi connectivity index (χ3v) is 6.81. The smallest absolute Gasteiger partial charge is 0.267 e. The van der Waals surface area contributed by atoms with Crippen molar-refractivity contribution < 1.29 is 23.8 Å². The monoisotopic (exact) mass is 534 g/mol. The van der Waals surface area contributed by atoms with E-state index >= 15 is 0 Å². The summed E-state index contributed by atoms with van der Waals surface area (Å²) in [5.74, 6) is 1.03. The molecule has 2 aliphatic rings. The van der Waals surface area contributed by atoms with E-state index in [1.807, 2.05) is 61.2 Å². The first kappa shape index (κ1) is 28.2. The van der Waals surface area contributed by atoms with E-state index in [0.717, 1.165) is 24.0 Å². The average molecular weight is 535 g/mol. The average Bonchev–Trinajstić information content (AvgIpc) is 3.78. The van der Waals surface area contributed by atoms with Crippen molar-refractivity contribution in [3.8, 4) is 11.5 Å². The molecule has 4 rings (SSSR count). The van der Waals surface area contributed by atoms with Gasteiger partial charge in [-0.05, 0) is 56.5 Å². The van der Waals surface area contributed by atoms with Gasteiger partial charge < -0.3 is 35.2 Å². The number of hydrogen-bond acceptors (Lipinski definition) is 7. The fourth-order valence-electron chi connectivity index (χ4n) is 4.72. The molecule has 2 amide bonds. The molecule has 0 bridgehead atoms. The summed E-state index contributed by atoms with van der Waals surface area (Å²) in [5.41, 5.74) is 3.06. The number of likely N-dealkylation sites (N-methyl/N-ethyl adjacent to an activating group) is 1. The number of nitrogens with zero attached hydrogens (tertiary/aromatic N) is 1. The predicted octanol–water partition coefficient (Wildman–Crippen LogP) is 3.67. The van der Waals surface area contributed by atoms with Crippen molar-refractivity contribution in [1.82, 2.24) is 15.5 Å². The fourth-order valence-corrected chi connectivity index (χ4v) is 4.72. The molecule has 1 heterocycles. The summed E-state index contributed by atoms with van der Waals surface area (Å²) in [4.78, 5) is 27.7. The largest absolute Gasteiger partial charge is 0.493 e. The zero-order valence-electron chi connectivity index (χ0n) is 23.1. The summed E-state index contributed by atoms with van der Waals surface area (Å²) in [6, 6.07) is 13.0. The van der Waals surface area contributed by atoms with Crippen LogP contribution in [0.25, 0.3) is 0 Å². The van der Waals surface area contributed by atoms with E-state index in [2.05, 4.69) is 10.6 Å². The van der Waals surface area contributed by atoms with E-state index in [4.69, 9.17) is 19.6 Å². The summed E-state index contributed by atoms with van der Waals surface area (Å²) in [6.07, 6.45) is 3.62. The lowest BCUT2D eigenvalue weighted by Gasteiger charge is -2.35. The normalized spacial score (nSPS) is 19.3. The highest BCUT2D eigenvalue weighted by Crippen LogP contribution is 2.32. The van der Waals surface area contributed by atoms with Gasteiger partial charge in [-0.25, -0.2) is 0 Å². The minimum Gasteiger partial charge on any atom is -0.493 e. The Kier molecular flexibility index (Phi) is 9.24. The lowest BCUT2D eigenvalue weighted by atomic mass is 10.1.